The van der Waals surface area contributed by atoms with Crippen molar-refractivity contribution in [1.29, 1.82) is 0 Å². The Balaban J connectivity index is 2.00. The number of hydrogen-bond acceptors (Lipinski definition) is 4. The molecule has 2 amide bonds. The highest BCUT2D eigenvalue weighted by Crippen LogP contribution is 2.20. The summed E-state index contributed by atoms with van der Waals surface area (Å²) in [5, 5.41) is 0. The topological polar surface area (TPSA) is 53.1 Å². The second kappa shape index (κ2) is 8.52. The predicted molar refractivity (Wildman–Crippen MR) is 89.2 cm³/mol. The number of piperidine rings is 1. The lowest BCUT2D eigenvalue weighted by Gasteiger charge is -2.38. The standard InChI is InChI=1S/C17H31N3O3/c1-14(2)15(18-8-5-4-6-9-18)16(21)19-10-7-11-20(13-12-19)17(22)23-3/h14-15H,4-13H2,1-3H3/t15-/m1/s1. The molecule has 6 nitrogen and oxygen atoms in total. The number of ether oxygens (including phenoxy) is 1. The van der Waals surface area contributed by atoms with Gasteiger partial charge >= 0.3 is 6.09 Å². The lowest BCUT2D eigenvalue weighted by atomic mass is 9.98. The van der Waals surface area contributed by atoms with Gasteiger partial charge in [-0.1, -0.05) is 20.3 Å². The van der Waals surface area contributed by atoms with Crippen LogP contribution in [0.4, 0.5) is 4.79 Å². The van der Waals surface area contributed by atoms with Gasteiger partial charge < -0.3 is 14.5 Å². The molecule has 0 aliphatic carbocycles. The molecule has 0 N–H and O–H groups in total. The Kier molecular flexibility index (Phi) is 6.69. The first-order valence-corrected chi connectivity index (χ1v) is 8.90. The smallest absolute Gasteiger partial charge is 0.409 e. The summed E-state index contributed by atoms with van der Waals surface area (Å²) in [6.45, 7) is 8.86. The molecule has 0 saturated carbocycles. The molecule has 1 atom stereocenters. The van der Waals surface area contributed by atoms with Gasteiger partial charge in [-0.2, -0.15) is 0 Å². The molecule has 0 aromatic carbocycles. The van der Waals surface area contributed by atoms with Crippen molar-refractivity contribution in [3.63, 3.8) is 0 Å². The summed E-state index contributed by atoms with van der Waals surface area (Å²) in [7, 11) is 1.40. The van der Waals surface area contributed by atoms with E-state index in [0.717, 1.165) is 26.1 Å². The molecular formula is C17H31N3O3. The van der Waals surface area contributed by atoms with Gasteiger partial charge in [0.25, 0.3) is 0 Å². The molecule has 2 fully saturated rings. The average molecular weight is 325 g/mol. The monoisotopic (exact) mass is 325 g/mol. The number of amides is 2. The van der Waals surface area contributed by atoms with Crippen LogP contribution in [0.25, 0.3) is 0 Å². The van der Waals surface area contributed by atoms with Crippen molar-refractivity contribution in [2.75, 3.05) is 46.4 Å². The molecule has 2 aliphatic heterocycles. The molecule has 2 heterocycles. The highest BCUT2D eigenvalue weighted by Gasteiger charge is 2.34. The zero-order chi connectivity index (χ0) is 16.8. The summed E-state index contributed by atoms with van der Waals surface area (Å²) in [5.74, 6) is 0.536. The highest BCUT2D eigenvalue weighted by atomic mass is 16.5. The van der Waals surface area contributed by atoms with E-state index in [1.54, 1.807) is 4.90 Å². The minimum Gasteiger partial charge on any atom is -0.453 e. The van der Waals surface area contributed by atoms with E-state index in [2.05, 4.69) is 18.7 Å². The maximum absolute atomic E-state index is 13.1. The number of hydrogen-bond donors (Lipinski definition) is 0. The van der Waals surface area contributed by atoms with Crippen molar-refractivity contribution in [2.24, 2.45) is 5.92 Å². The average Bonchev–Trinajstić information content (AvgIpc) is 2.81. The minimum absolute atomic E-state index is 0.0278. The lowest BCUT2D eigenvalue weighted by molar-refractivity contribution is -0.139. The third-order valence-electron chi connectivity index (χ3n) is 4.91. The maximum atomic E-state index is 13.1. The van der Waals surface area contributed by atoms with Gasteiger partial charge in [0.15, 0.2) is 0 Å². The highest BCUT2D eigenvalue weighted by molar-refractivity contribution is 5.82. The number of likely N-dealkylation sites (tertiary alicyclic amines) is 1. The van der Waals surface area contributed by atoms with E-state index in [0.29, 0.717) is 25.6 Å². The summed E-state index contributed by atoms with van der Waals surface area (Å²) >= 11 is 0. The normalized spacial score (nSPS) is 21.9. The molecule has 6 heteroatoms. The SMILES string of the molecule is COC(=O)N1CCCN(C(=O)[C@@H](C(C)C)N2CCCCC2)CC1. The van der Waals surface area contributed by atoms with Crippen molar-refractivity contribution in [3.8, 4) is 0 Å². The van der Waals surface area contributed by atoms with E-state index < -0.39 is 0 Å². The molecule has 0 unspecified atom stereocenters. The number of nitrogens with zero attached hydrogens (tertiary/aromatic N) is 3. The van der Waals surface area contributed by atoms with Crippen molar-refractivity contribution in [3.05, 3.63) is 0 Å². The molecule has 2 saturated heterocycles. The first-order chi connectivity index (χ1) is 11.0. The Morgan fingerprint density at radius 2 is 1.43 bits per heavy atom. The van der Waals surface area contributed by atoms with Gasteiger partial charge in [0.2, 0.25) is 5.91 Å². The molecule has 0 bridgehead atoms. The van der Waals surface area contributed by atoms with Gasteiger partial charge in [-0.15, -0.1) is 0 Å². The third-order valence-corrected chi connectivity index (χ3v) is 4.91. The van der Waals surface area contributed by atoms with E-state index in [1.807, 2.05) is 4.90 Å². The molecule has 0 aromatic rings. The third kappa shape index (κ3) is 4.59. The zero-order valence-corrected chi connectivity index (χ0v) is 14.8. The van der Waals surface area contributed by atoms with Gasteiger partial charge in [-0.25, -0.2) is 4.79 Å². The van der Waals surface area contributed by atoms with E-state index in [9.17, 15) is 9.59 Å². The summed E-state index contributed by atoms with van der Waals surface area (Å²) in [4.78, 5) is 30.8. The quantitative estimate of drug-likeness (QED) is 0.794. The molecule has 2 rings (SSSR count). The Morgan fingerprint density at radius 1 is 0.826 bits per heavy atom. The minimum atomic E-state index is -0.296. The van der Waals surface area contributed by atoms with E-state index in [1.165, 1.54) is 26.4 Å². The van der Waals surface area contributed by atoms with Crippen molar-refractivity contribution < 1.29 is 14.3 Å². The van der Waals surface area contributed by atoms with Crippen molar-refractivity contribution in [1.82, 2.24) is 14.7 Å². The Hall–Kier alpha value is -1.30. The van der Waals surface area contributed by atoms with Gasteiger partial charge in [0.05, 0.1) is 13.2 Å². The van der Waals surface area contributed by atoms with Crippen LogP contribution in [0.1, 0.15) is 39.5 Å². The fourth-order valence-corrected chi connectivity index (χ4v) is 3.70. The second-order valence-electron chi connectivity index (χ2n) is 6.92. The summed E-state index contributed by atoms with van der Waals surface area (Å²) in [6.07, 6.45) is 4.16. The molecule has 0 spiro atoms. The molecular weight excluding hydrogens is 294 g/mol. The second-order valence-corrected chi connectivity index (χ2v) is 6.92. The molecule has 23 heavy (non-hydrogen) atoms. The van der Waals surface area contributed by atoms with Crippen LogP contribution in [0.2, 0.25) is 0 Å². The summed E-state index contributed by atoms with van der Waals surface area (Å²) < 4.78 is 4.80. The largest absolute Gasteiger partial charge is 0.453 e. The van der Waals surface area contributed by atoms with Crippen LogP contribution >= 0.6 is 0 Å². The Labute approximate surface area is 139 Å². The lowest BCUT2D eigenvalue weighted by Crippen LogP contribution is -2.53. The van der Waals surface area contributed by atoms with Crippen molar-refractivity contribution >= 4 is 12.0 Å². The van der Waals surface area contributed by atoms with Gasteiger partial charge in [-0.05, 0) is 38.3 Å². The number of carbonyl (C=O) groups excluding carboxylic acids is 2. The first kappa shape index (κ1) is 18.0. The summed E-state index contributed by atoms with van der Waals surface area (Å²) in [5.41, 5.74) is 0. The van der Waals surface area contributed by atoms with Crippen LogP contribution in [0, 0.1) is 5.92 Å². The Morgan fingerprint density at radius 3 is 2.04 bits per heavy atom. The molecule has 0 aromatic heterocycles. The number of carbonyl (C=O) groups is 2. The maximum Gasteiger partial charge on any atom is 0.409 e. The van der Waals surface area contributed by atoms with E-state index >= 15 is 0 Å². The van der Waals surface area contributed by atoms with Crippen LogP contribution in [-0.4, -0.2) is 79.1 Å². The number of methoxy groups -OCH3 is 1. The van der Waals surface area contributed by atoms with Crippen LogP contribution in [0.15, 0.2) is 0 Å². The fourth-order valence-electron chi connectivity index (χ4n) is 3.70. The fraction of sp³-hybridized carbons (Fsp3) is 0.882. The number of rotatable bonds is 3. The van der Waals surface area contributed by atoms with Crippen molar-refractivity contribution in [2.45, 2.75) is 45.6 Å². The van der Waals surface area contributed by atoms with Gasteiger partial charge in [0, 0.05) is 26.2 Å². The molecule has 132 valence electrons. The molecule has 2 aliphatic rings. The predicted octanol–water partition coefficient (Wildman–Crippen LogP) is 1.80. The van der Waals surface area contributed by atoms with Crippen LogP contribution in [0.5, 0.6) is 0 Å². The van der Waals surface area contributed by atoms with E-state index in [4.69, 9.17) is 4.74 Å². The Bertz CT molecular complexity index is 408. The van der Waals surface area contributed by atoms with Gasteiger partial charge in [-0.3, -0.25) is 9.69 Å². The zero-order valence-electron chi connectivity index (χ0n) is 14.8. The van der Waals surface area contributed by atoms with Crippen LogP contribution in [-0.2, 0) is 9.53 Å². The van der Waals surface area contributed by atoms with Crippen LogP contribution < -0.4 is 0 Å². The first-order valence-electron chi connectivity index (χ1n) is 8.90. The van der Waals surface area contributed by atoms with Crippen LogP contribution in [0.3, 0.4) is 0 Å². The summed E-state index contributed by atoms with van der Waals surface area (Å²) in [6, 6.07) is -0.0278. The molecule has 0 radical (unpaired) electrons. The van der Waals surface area contributed by atoms with E-state index in [-0.39, 0.29) is 18.0 Å². The van der Waals surface area contributed by atoms with Gasteiger partial charge in [0.1, 0.15) is 0 Å².